The van der Waals surface area contributed by atoms with Crippen molar-refractivity contribution in [2.75, 3.05) is 0 Å². The maximum atomic E-state index is 2.63. The predicted octanol–water partition coefficient (Wildman–Crippen LogP) is 4.42. The zero-order chi connectivity index (χ0) is 10.8. The van der Waals surface area contributed by atoms with Crippen LogP contribution in [-0.2, 0) is 0 Å². The van der Waals surface area contributed by atoms with E-state index in [0.29, 0.717) is 10.8 Å². The molecule has 3 aliphatic rings. The van der Waals surface area contributed by atoms with Crippen LogP contribution in [0, 0.1) is 28.6 Å². The second kappa shape index (κ2) is 2.70. The van der Waals surface area contributed by atoms with Gasteiger partial charge in [0.1, 0.15) is 0 Å². The molecule has 15 heavy (non-hydrogen) atoms. The third kappa shape index (κ3) is 1.09. The molecule has 0 amide bonds. The van der Waals surface area contributed by atoms with E-state index in [0.717, 1.165) is 17.8 Å². The SMILES string of the molecule is CC1=C[C@@H]2CC(C)(C)CC23C(C)CC[C@H]13. The first kappa shape index (κ1) is 9.93. The fourth-order valence-electron chi connectivity index (χ4n) is 5.34. The summed E-state index contributed by atoms with van der Waals surface area (Å²) in [7, 11) is 0. The minimum atomic E-state index is 0.596. The zero-order valence-electron chi connectivity index (χ0n) is 10.6. The first-order chi connectivity index (χ1) is 6.96. The molecule has 0 bridgehead atoms. The van der Waals surface area contributed by atoms with E-state index >= 15 is 0 Å². The molecule has 84 valence electrons. The van der Waals surface area contributed by atoms with Crippen molar-refractivity contribution in [2.24, 2.45) is 28.6 Å². The summed E-state index contributed by atoms with van der Waals surface area (Å²) in [6.45, 7) is 9.85. The molecule has 0 nitrogen and oxygen atoms in total. The van der Waals surface area contributed by atoms with Gasteiger partial charge in [0, 0.05) is 0 Å². The van der Waals surface area contributed by atoms with Crippen LogP contribution in [0.3, 0.4) is 0 Å². The Kier molecular flexibility index (Phi) is 1.79. The number of allylic oxidation sites excluding steroid dienone is 2. The summed E-state index contributed by atoms with van der Waals surface area (Å²) in [6.07, 6.45) is 8.49. The molecule has 0 aromatic rings. The van der Waals surface area contributed by atoms with Gasteiger partial charge in [-0.3, -0.25) is 0 Å². The van der Waals surface area contributed by atoms with Crippen molar-refractivity contribution in [1.29, 1.82) is 0 Å². The van der Waals surface area contributed by atoms with Crippen molar-refractivity contribution in [3.05, 3.63) is 11.6 Å². The molecule has 2 unspecified atom stereocenters. The van der Waals surface area contributed by atoms with Crippen LogP contribution < -0.4 is 0 Å². The largest absolute Gasteiger partial charge is 0.0816 e. The summed E-state index contributed by atoms with van der Waals surface area (Å²) >= 11 is 0. The van der Waals surface area contributed by atoms with Crippen molar-refractivity contribution in [1.82, 2.24) is 0 Å². The van der Waals surface area contributed by atoms with E-state index < -0.39 is 0 Å². The summed E-state index contributed by atoms with van der Waals surface area (Å²) in [4.78, 5) is 0. The molecule has 0 saturated heterocycles. The highest BCUT2D eigenvalue weighted by Gasteiger charge is 2.61. The lowest BCUT2D eigenvalue weighted by molar-refractivity contribution is 0.135. The Labute approximate surface area is 94.1 Å². The number of hydrogen-bond acceptors (Lipinski definition) is 0. The smallest absolute Gasteiger partial charge is 0.0138 e. The topological polar surface area (TPSA) is 0 Å². The maximum Gasteiger partial charge on any atom is -0.0138 e. The summed E-state index contributed by atoms with van der Waals surface area (Å²) < 4.78 is 0. The Morgan fingerprint density at radius 1 is 1.27 bits per heavy atom. The van der Waals surface area contributed by atoms with Gasteiger partial charge in [0.15, 0.2) is 0 Å². The molecule has 3 rings (SSSR count). The highest BCUT2D eigenvalue weighted by atomic mass is 14.7. The van der Waals surface area contributed by atoms with E-state index in [2.05, 4.69) is 33.8 Å². The molecule has 2 fully saturated rings. The summed E-state index contributed by atoms with van der Waals surface area (Å²) in [6, 6.07) is 0. The Morgan fingerprint density at radius 2 is 2.00 bits per heavy atom. The summed E-state index contributed by atoms with van der Waals surface area (Å²) in [5.41, 5.74) is 3.01. The molecule has 0 aromatic heterocycles. The lowest BCUT2D eigenvalue weighted by Crippen LogP contribution is -2.31. The van der Waals surface area contributed by atoms with Crippen molar-refractivity contribution >= 4 is 0 Å². The van der Waals surface area contributed by atoms with E-state index in [-0.39, 0.29) is 0 Å². The van der Waals surface area contributed by atoms with Gasteiger partial charge in [0.2, 0.25) is 0 Å². The van der Waals surface area contributed by atoms with Gasteiger partial charge in [0.25, 0.3) is 0 Å². The lowest BCUT2D eigenvalue weighted by atomic mass is 9.67. The number of rotatable bonds is 0. The predicted molar refractivity (Wildman–Crippen MR) is 64.6 cm³/mol. The van der Waals surface area contributed by atoms with Gasteiger partial charge >= 0.3 is 0 Å². The monoisotopic (exact) mass is 204 g/mol. The third-order valence-corrected chi connectivity index (χ3v) is 5.72. The molecule has 0 heterocycles. The van der Waals surface area contributed by atoms with Crippen molar-refractivity contribution in [3.63, 3.8) is 0 Å². The van der Waals surface area contributed by atoms with E-state index in [9.17, 15) is 0 Å². The molecule has 0 aromatic carbocycles. The second-order valence-corrected chi connectivity index (χ2v) is 7.21. The first-order valence-corrected chi connectivity index (χ1v) is 6.64. The summed E-state index contributed by atoms with van der Waals surface area (Å²) in [5, 5.41) is 0. The molecular formula is C15H24. The van der Waals surface area contributed by atoms with Gasteiger partial charge < -0.3 is 0 Å². The highest BCUT2D eigenvalue weighted by molar-refractivity contribution is 5.28. The van der Waals surface area contributed by atoms with Crippen LogP contribution >= 0.6 is 0 Å². The van der Waals surface area contributed by atoms with Crippen molar-refractivity contribution in [2.45, 2.75) is 53.4 Å². The van der Waals surface area contributed by atoms with Crippen LogP contribution in [0.2, 0.25) is 0 Å². The molecule has 0 heteroatoms. The van der Waals surface area contributed by atoms with E-state index in [4.69, 9.17) is 0 Å². The molecular weight excluding hydrogens is 180 g/mol. The minimum absolute atomic E-state index is 0.596. The second-order valence-electron chi connectivity index (χ2n) is 7.21. The van der Waals surface area contributed by atoms with Crippen LogP contribution in [0.1, 0.15) is 53.4 Å². The fraction of sp³-hybridized carbons (Fsp3) is 0.867. The average Bonchev–Trinajstić information content (AvgIpc) is 2.61. The van der Waals surface area contributed by atoms with Crippen LogP contribution in [0.4, 0.5) is 0 Å². The third-order valence-electron chi connectivity index (χ3n) is 5.72. The van der Waals surface area contributed by atoms with E-state index in [1.807, 2.05) is 0 Å². The summed E-state index contributed by atoms with van der Waals surface area (Å²) in [5.74, 6) is 2.82. The highest BCUT2D eigenvalue weighted by Crippen LogP contribution is 2.70. The van der Waals surface area contributed by atoms with Crippen molar-refractivity contribution < 1.29 is 0 Å². The van der Waals surface area contributed by atoms with Gasteiger partial charge in [-0.1, -0.05) is 32.4 Å². The quantitative estimate of drug-likeness (QED) is 0.513. The molecule has 2 saturated carbocycles. The minimum Gasteiger partial charge on any atom is -0.0816 e. The molecule has 4 atom stereocenters. The Balaban J connectivity index is 2.05. The molecule has 0 aliphatic heterocycles. The standard InChI is InChI=1S/C15H24/c1-10-7-12-8-14(3,4)9-15(12)11(2)5-6-13(10)15/h7,11-13H,5-6,8-9H2,1-4H3/t11?,12-,13-,15?/m1/s1. The molecule has 0 radical (unpaired) electrons. The van der Waals surface area contributed by atoms with Crippen molar-refractivity contribution in [3.8, 4) is 0 Å². The Morgan fingerprint density at radius 3 is 2.73 bits per heavy atom. The van der Waals surface area contributed by atoms with Crippen LogP contribution in [-0.4, -0.2) is 0 Å². The zero-order valence-corrected chi connectivity index (χ0v) is 10.6. The van der Waals surface area contributed by atoms with Crippen LogP contribution in [0.25, 0.3) is 0 Å². The van der Waals surface area contributed by atoms with Crippen LogP contribution in [0.15, 0.2) is 11.6 Å². The van der Waals surface area contributed by atoms with Gasteiger partial charge in [-0.2, -0.15) is 0 Å². The van der Waals surface area contributed by atoms with Gasteiger partial charge in [0.05, 0.1) is 0 Å². The molecule has 1 spiro atoms. The fourth-order valence-corrected chi connectivity index (χ4v) is 5.34. The van der Waals surface area contributed by atoms with E-state index in [1.165, 1.54) is 25.7 Å². The van der Waals surface area contributed by atoms with Crippen LogP contribution in [0.5, 0.6) is 0 Å². The lowest BCUT2D eigenvalue weighted by Gasteiger charge is -2.36. The van der Waals surface area contributed by atoms with E-state index in [1.54, 1.807) is 5.57 Å². The normalized spacial score (nSPS) is 51.5. The molecule has 3 aliphatic carbocycles. The van der Waals surface area contributed by atoms with Gasteiger partial charge in [-0.05, 0) is 61.2 Å². The first-order valence-electron chi connectivity index (χ1n) is 6.64. The number of hydrogen-bond donors (Lipinski definition) is 0. The molecule has 0 N–H and O–H groups in total. The Bertz CT molecular complexity index is 323. The maximum absolute atomic E-state index is 2.63. The Hall–Kier alpha value is -0.260. The average molecular weight is 204 g/mol. The van der Waals surface area contributed by atoms with Gasteiger partial charge in [-0.25, -0.2) is 0 Å². The van der Waals surface area contributed by atoms with Gasteiger partial charge in [-0.15, -0.1) is 0 Å².